The van der Waals surface area contributed by atoms with Crippen molar-refractivity contribution in [1.29, 1.82) is 0 Å². The van der Waals surface area contributed by atoms with Crippen molar-refractivity contribution in [3.8, 4) is 0 Å². The standard InChI is InChI=1S/C17H17F2N3O/c18-12-5-6-16(15(19)8-12)22-17(23)11-7-14(10-20-9-11)21-13-3-1-2-4-13/h5-10,13,21H,1-4H2,(H,22,23). The van der Waals surface area contributed by atoms with E-state index in [1.807, 2.05) is 0 Å². The largest absolute Gasteiger partial charge is 0.381 e. The smallest absolute Gasteiger partial charge is 0.257 e. The summed E-state index contributed by atoms with van der Waals surface area (Å²) in [5.41, 5.74) is 1.02. The third-order valence-electron chi connectivity index (χ3n) is 3.91. The van der Waals surface area contributed by atoms with Crippen molar-refractivity contribution in [1.82, 2.24) is 4.98 Å². The van der Waals surface area contributed by atoms with Crippen LogP contribution >= 0.6 is 0 Å². The molecule has 0 unspecified atom stereocenters. The molecular weight excluding hydrogens is 300 g/mol. The Morgan fingerprint density at radius 3 is 2.65 bits per heavy atom. The zero-order valence-corrected chi connectivity index (χ0v) is 12.5. The van der Waals surface area contributed by atoms with Gasteiger partial charge in [0.2, 0.25) is 0 Å². The summed E-state index contributed by atoms with van der Waals surface area (Å²) in [5.74, 6) is -1.99. The van der Waals surface area contributed by atoms with Gasteiger partial charge < -0.3 is 10.6 Å². The lowest BCUT2D eigenvalue weighted by molar-refractivity contribution is 0.102. The van der Waals surface area contributed by atoms with Gasteiger partial charge in [-0.3, -0.25) is 9.78 Å². The van der Waals surface area contributed by atoms with E-state index in [-0.39, 0.29) is 5.69 Å². The zero-order valence-electron chi connectivity index (χ0n) is 12.5. The van der Waals surface area contributed by atoms with Gasteiger partial charge in [-0.1, -0.05) is 12.8 Å². The van der Waals surface area contributed by atoms with Crippen molar-refractivity contribution in [2.75, 3.05) is 10.6 Å². The minimum absolute atomic E-state index is 0.0643. The first-order valence-corrected chi connectivity index (χ1v) is 7.60. The number of carbonyl (C=O) groups is 1. The fourth-order valence-electron chi connectivity index (χ4n) is 2.73. The Bertz CT molecular complexity index is 715. The Labute approximate surface area is 132 Å². The number of amides is 1. The Morgan fingerprint density at radius 2 is 1.91 bits per heavy atom. The number of halogens is 2. The van der Waals surface area contributed by atoms with E-state index in [1.165, 1.54) is 25.1 Å². The molecule has 23 heavy (non-hydrogen) atoms. The number of nitrogens with one attached hydrogen (secondary N) is 2. The minimum Gasteiger partial charge on any atom is -0.381 e. The summed E-state index contributed by atoms with van der Waals surface area (Å²) in [6.07, 6.45) is 7.70. The quantitative estimate of drug-likeness (QED) is 0.897. The van der Waals surface area contributed by atoms with Crippen molar-refractivity contribution in [2.45, 2.75) is 31.7 Å². The van der Waals surface area contributed by atoms with Gasteiger partial charge in [0, 0.05) is 24.5 Å². The first kappa shape index (κ1) is 15.4. The van der Waals surface area contributed by atoms with Crippen LogP contribution in [-0.4, -0.2) is 16.9 Å². The molecule has 0 saturated heterocycles. The minimum atomic E-state index is -0.813. The Morgan fingerprint density at radius 1 is 1.13 bits per heavy atom. The van der Waals surface area contributed by atoms with Gasteiger partial charge in [-0.05, 0) is 31.0 Å². The van der Waals surface area contributed by atoms with Gasteiger partial charge in [0.1, 0.15) is 11.6 Å². The molecule has 6 heteroatoms. The lowest BCUT2D eigenvalue weighted by Gasteiger charge is -2.14. The van der Waals surface area contributed by atoms with E-state index in [0.29, 0.717) is 11.6 Å². The molecular formula is C17H17F2N3O. The molecule has 0 bridgehead atoms. The van der Waals surface area contributed by atoms with Crippen LogP contribution in [0.3, 0.4) is 0 Å². The number of aromatic nitrogens is 1. The molecule has 1 aromatic heterocycles. The molecule has 1 fully saturated rings. The highest BCUT2D eigenvalue weighted by Gasteiger charge is 2.16. The Hall–Kier alpha value is -2.50. The highest BCUT2D eigenvalue weighted by atomic mass is 19.1. The van der Waals surface area contributed by atoms with Crippen LogP contribution in [0.4, 0.5) is 20.2 Å². The van der Waals surface area contributed by atoms with E-state index in [4.69, 9.17) is 0 Å². The maximum Gasteiger partial charge on any atom is 0.257 e. The van der Waals surface area contributed by atoms with Crippen molar-refractivity contribution in [3.05, 3.63) is 53.9 Å². The van der Waals surface area contributed by atoms with E-state index in [1.54, 1.807) is 12.3 Å². The number of nitrogens with zero attached hydrogens (tertiary/aromatic N) is 1. The van der Waals surface area contributed by atoms with Crippen LogP contribution < -0.4 is 10.6 Å². The topological polar surface area (TPSA) is 54.0 Å². The highest BCUT2D eigenvalue weighted by Crippen LogP contribution is 2.22. The number of anilines is 2. The van der Waals surface area contributed by atoms with Crippen LogP contribution in [0.1, 0.15) is 36.0 Å². The fourth-order valence-corrected chi connectivity index (χ4v) is 2.73. The summed E-state index contributed by atoms with van der Waals surface area (Å²) in [6.45, 7) is 0. The lowest BCUT2D eigenvalue weighted by Crippen LogP contribution is -2.17. The van der Waals surface area contributed by atoms with Gasteiger partial charge in [0.25, 0.3) is 5.91 Å². The van der Waals surface area contributed by atoms with Gasteiger partial charge in [-0.2, -0.15) is 0 Å². The van der Waals surface area contributed by atoms with Gasteiger partial charge >= 0.3 is 0 Å². The number of hydrogen-bond donors (Lipinski definition) is 2. The molecule has 1 aliphatic rings. The van der Waals surface area contributed by atoms with Crippen LogP contribution in [-0.2, 0) is 0 Å². The molecule has 1 amide bonds. The third kappa shape index (κ3) is 3.83. The molecule has 3 rings (SSSR count). The number of carbonyl (C=O) groups excluding carboxylic acids is 1. The van der Waals surface area contributed by atoms with Crippen molar-refractivity contribution in [2.24, 2.45) is 0 Å². The van der Waals surface area contributed by atoms with Crippen LogP contribution in [0.2, 0.25) is 0 Å². The van der Waals surface area contributed by atoms with Gasteiger partial charge in [0.05, 0.1) is 16.9 Å². The van der Waals surface area contributed by atoms with Crippen molar-refractivity contribution in [3.63, 3.8) is 0 Å². The molecule has 0 spiro atoms. The number of hydrogen-bond acceptors (Lipinski definition) is 3. The van der Waals surface area contributed by atoms with Gasteiger partial charge in [-0.15, -0.1) is 0 Å². The summed E-state index contributed by atoms with van der Waals surface area (Å²) in [7, 11) is 0. The molecule has 1 saturated carbocycles. The van der Waals surface area contributed by atoms with E-state index in [2.05, 4.69) is 15.6 Å². The highest BCUT2D eigenvalue weighted by molar-refractivity contribution is 6.04. The molecule has 2 aromatic rings. The van der Waals surface area contributed by atoms with Gasteiger partial charge in [-0.25, -0.2) is 8.78 Å². The van der Waals surface area contributed by atoms with Crippen LogP contribution in [0.15, 0.2) is 36.7 Å². The van der Waals surface area contributed by atoms with Gasteiger partial charge in [0.15, 0.2) is 0 Å². The number of benzene rings is 1. The van der Waals surface area contributed by atoms with Crippen LogP contribution in [0.5, 0.6) is 0 Å². The van der Waals surface area contributed by atoms with E-state index >= 15 is 0 Å². The molecule has 0 atom stereocenters. The molecule has 120 valence electrons. The van der Waals surface area contributed by atoms with E-state index in [0.717, 1.165) is 30.7 Å². The first-order chi connectivity index (χ1) is 11.1. The second-order valence-corrected chi connectivity index (χ2v) is 5.67. The summed E-state index contributed by atoms with van der Waals surface area (Å²) < 4.78 is 26.5. The average Bonchev–Trinajstić information content (AvgIpc) is 3.03. The van der Waals surface area contributed by atoms with E-state index < -0.39 is 17.5 Å². The summed E-state index contributed by atoms with van der Waals surface area (Å²) in [5, 5.41) is 5.78. The molecule has 0 aliphatic heterocycles. The summed E-state index contributed by atoms with van der Waals surface area (Å²) >= 11 is 0. The number of pyridine rings is 1. The normalized spacial score (nSPS) is 14.7. The molecule has 1 heterocycles. The van der Waals surface area contributed by atoms with Crippen LogP contribution in [0.25, 0.3) is 0 Å². The monoisotopic (exact) mass is 317 g/mol. The lowest BCUT2D eigenvalue weighted by atomic mass is 10.2. The second kappa shape index (κ2) is 6.73. The molecule has 4 nitrogen and oxygen atoms in total. The number of rotatable bonds is 4. The maximum absolute atomic E-state index is 13.6. The Balaban J connectivity index is 1.71. The predicted molar refractivity (Wildman–Crippen MR) is 84.4 cm³/mol. The Kier molecular flexibility index (Phi) is 4.50. The van der Waals surface area contributed by atoms with Crippen molar-refractivity contribution >= 4 is 17.3 Å². The van der Waals surface area contributed by atoms with Crippen LogP contribution in [0, 0.1) is 11.6 Å². The second-order valence-electron chi connectivity index (χ2n) is 5.67. The summed E-state index contributed by atoms with van der Waals surface area (Å²) in [6, 6.07) is 5.10. The maximum atomic E-state index is 13.6. The average molecular weight is 317 g/mol. The summed E-state index contributed by atoms with van der Waals surface area (Å²) in [4.78, 5) is 16.3. The zero-order chi connectivity index (χ0) is 16.2. The fraction of sp³-hybridized carbons (Fsp3) is 0.294. The molecule has 2 N–H and O–H groups in total. The first-order valence-electron chi connectivity index (χ1n) is 7.60. The molecule has 1 aliphatic carbocycles. The molecule has 0 radical (unpaired) electrons. The molecule has 1 aromatic carbocycles. The predicted octanol–water partition coefficient (Wildman–Crippen LogP) is 3.97. The van der Waals surface area contributed by atoms with E-state index in [9.17, 15) is 13.6 Å². The third-order valence-corrected chi connectivity index (χ3v) is 3.91. The SMILES string of the molecule is O=C(Nc1ccc(F)cc1F)c1cncc(NC2CCCC2)c1. The van der Waals surface area contributed by atoms with Crippen molar-refractivity contribution < 1.29 is 13.6 Å².